The molecule has 1 amide bonds. The van der Waals surface area contributed by atoms with Gasteiger partial charge in [0.15, 0.2) is 5.78 Å². The number of rotatable bonds is 10. The minimum Gasteiger partial charge on any atom is -0.349 e. The van der Waals surface area contributed by atoms with Gasteiger partial charge >= 0.3 is 0 Å². The van der Waals surface area contributed by atoms with Gasteiger partial charge in [-0.3, -0.25) is 14.4 Å². The summed E-state index contributed by atoms with van der Waals surface area (Å²) in [6.45, 7) is 5.79. The molecular formula is C19H28ClNO3S. The van der Waals surface area contributed by atoms with Crippen molar-refractivity contribution in [3.8, 4) is 0 Å². The number of amides is 1. The maximum atomic E-state index is 12.3. The molecule has 0 radical (unpaired) electrons. The Balaban J connectivity index is 0.00000576. The maximum Gasteiger partial charge on any atom is 0.224 e. The number of ketones is 2. The Morgan fingerprint density at radius 2 is 1.68 bits per heavy atom. The monoisotopic (exact) mass is 385 g/mol. The van der Waals surface area contributed by atoms with Crippen LogP contribution in [0.4, 0.5) is 0 Å². The van der Waals surface area contributed by atoms with Crippen LogP contribution in [0.5, 0.6) is 0 Å². The van der Waals surface area contributed by atoms with Crippen LogP contribution in [-0.4, -0.2) is 24.0 Å². The summed E-state index contributed by atoms with van der Waals surface area (Å²) >= 11 is 5.83. The van der Waals surface area contributed by atoms with E-state index in [1.807, 2.05) is 32.9 Å². The van der Waals surface area contributed by atoms with Crippen molar-refractivity contribution in [1.82, 2.24) is 5.32 Å². The second-order valence-electron chi connectivity index (χ2n) is 6.40. The van der Waals surface area contributed by atoms with Crippen molar-refractivity contribution in [2.75, 3.05) is 6.54 Å². The minimum atomic E-state index is -0.417. The third kappa shape index (κ3) is 9.07. The number of hydrogen-bond acceptors (Lipinski definition) is 3. The van der Waals surface area contributed by atoms with Crippen LogP contribution in [-0.2, 0) is 20.8 Å². The van der Waals surface area contributed by atoms with Crippen molar-refractivity contribution < 1.29 is 14.4 Å². The molecule has 0 bridgehead atoms. The number of hydrogen-bond donors (Lipinski definition) is 1. The fraction of sp³-hybridized carbons (Fsp3) is 0.526. The first-order chi connectivity index (χ1) is 11.3. The Bertz CT molecular complexity index is 573. The molecule has 0 saturated heterocycles. The molecular weight excluding hydrogens is 358 g/mol. The molecule has 0 aliphatic rings. The number of Topliss-reactive ketones (excluding diaryl/α,β-unsaturated/α-hetero) is 2. The van der Waals surface area contributed by atoms with E-state index in [4.69, 9.17) is 11.6 Å². The molecule has 1 rings (SSSR count). The minimum absolute atomic E-state index is 0. The standard InChI is InChI=1S/C19H26ClNO3.H2S/c1-4-5-16(22)12-21-19(24)18(13(2)3)11-17(23)10-14-6-8-15(20)9-7-14;/h6-9,13,18H,4-5,10-12H2,1-3H3,(H,21,24);1H2/t18-;/m0./s1. The second-order valence-corrected chi connectivity index (χ2v) is 6.84. The summed E-state index contributed by atoms with van der Waals surface area (Å²) in [7, 11) is 0. The van der Waals surface area contributed by atoms with Gasteiger partial charge in [-0.05, 0) is 30.0 Å². The molecule has 0 saturated carbocycles. The lowest BCUT2D eigenvalue weighted by Crippen LogP contribution is -2.38. The Kier molecular flexibility index (Phi) is 11.4. The lowest BCUT2D eigenvalue weighted by molar-refractivity contribution is -0.132. The van der Waals surface area contributed by atoms with Gasteiger partial charge in [-0.1, -0.05) is 44.5 Å². The normalized spacial score (nSPS) is 11.6. The topological polar surface area (TPSA) is 63.2 Å². The Morgan fingerprint density at radius 3 is 2.20 bits per heavy atom. The fourth-order valence-corrected chi connectivity index (χ4v) is 2.59. The first-order valence-corrected chi connectivity index (χ1v) is 8.76. The van der Waals surface area contributed by atoms with E-state index in [2.05, 4.69) is 5.32 Å². The summed E-state index contributed by atoms with van der Waals surface area (Å²) < 4.78 is 0. The van der Waals surface area contributed by atoms with Crippen LogP contribution < -0.4 is 5.32 Å². The van der Waals surface area contributed by atoms with Crippen LogP contribution in [0.2, 0.25) is 5.02 Å². The zero-order valence-corrected chi connectivity index (χ0v) is 16.9. The van der Waals surface area contributed by atoms with Crippen LogP contribution in [0.15, 0.2) is 24.3 Å². The molecule has 0 fully saturated rings. The van der Waals surface area contributed by atoms with E-state index < -0.39 is 5.92 Å². The van der Waals surface area contributed by atoms with Crippen LogP contribution in [0.1, 0.15) is 45.6 Å². The molecule has 25 heavy (non-hydrogen) atoms. The predicted octanol–water partition coefficient (Wildman–Crippen LogP) is 3.71. The van der Waals surface area contributed by atoms with E-state index in [0.29, 0.717) is 11.4 Å². The molecule has 0 aromatic heterocycles. The summed E-state index contributed by atoms with van der Waals surface area (Å²) in [6, 6.07) is 7.12. The average Bonchev–Trinajstić information content (AvgIpc) is 2.52. The SMILES string of the molecule is CCCC(=O)CNC(=O)[C@@H](CC(=O)Cc1ccc(Cl)cc1)C(C)C.S. The summed E-state index contributed by atoms with van der Waals surface area (Å²) in [4.78, 5) is 36.1. The third-order valence-electron chi connectivity index (χ3n) is 3.89. The first-order valence-electron chi connectivity index (χ1n) is 8.39. The van der Waals surface area contributed by atoms with Crippen molar-refractivity contribution in [1.29, 1.82) is 0 Å². The highest BCUT2D eigenvalue weighted by atomic mass is 35.5. The van der Waals surface area contributed by atoms with E-state index in [-0.39, 0.29) is 56.3 Å². The number of nitrogens with one attached hydrogen (secondary N) is 1. The molecule has 1 aromatic rings. The van der Waals surface area contributed by atoms with Gasteiger partial charge in [0, 0.05) is 30.2 Å². The smallest absolute Gasteiger partial charge is 0.224 e. The Morgan fingerprint density at radius 1 is 1.08 bits per heavy atom. The highest BCUT2D eigenvalue weighted by molar-refractivity contribution is 7.59. The molecule has 1 N–H and O–H groups in total. The van der Waals surface area contributed by atoms with Crippen LogP contribution >= 0.6 is 25.1 Å². The number of halogens is 1. The third-order valence-corrected chi connectivity index (χ3v) is 4.14. The van der Waals surface area contributed by atoms with E-state index in [1.165, 1.54) is 0 Å². The zero-order chi connectivity index (χ0) is 18.1. The molecule has 0 heterocycles. The van der Waals surface area contributed by atoms with Crippen molar-refractivity contribution in [3.63, 3.8) is 0 Å². The van der Waals surface area contributed by atoms with Gasteiger partial charge in [-0.25, -0.2) is 0 Å². The Hall–Kier alpha value is -1.33. The second kappa shape index (κ2) is 12.1. The van der Waals surface area contributed by atoms with Gasteiger partial charge in [0.25, 0.3) is 0 Å². The Labute approximate surface area is 162 Å². The highest BCUT2D eigenvalue weighted by Crippen LogP contribution is 2.18. The van der Waals surface area contributed by atoms with E-state index >= 15 is 0 Å². The maximum absolute atomic E-state index is 12.3. The average molecular weight is 386 g/mol. The molecule has 0 aliphatic heterocycles. The lowest BCUT2D eigenvalue weighted by Gasteiger charge is -2.19. The summed E-state index contributed by atoms with van der Waals surface area (Å²) in [6.07, 6.45) is 1.68. The molecule has 0 aliphatic carbocycles. The van der Waals surface area contributed by atoms with Crippen LogP contribution in [0.25, 0.3) is 0 Å². The summed E-state index contributed by atoms with van der Waals surface area (Å²) in [5.74, 6) is -0.592. The first kappa shape index (κ1) is 23.7. The van der Waals surface area contributed by atoms with Crippen LogP contribution in [0, 0.1) is 11.8 Å². The largest absolute Gasteiger partial charge is 0.349 e. The van der Waals surface area contributed by atoms with Gasteiger partial charge in [0.1, 0.15) is 5.78 Å². The van der Waals surface area contributed by atoms with Crippen molar-refractivity contribution >= 4 is 42.6 Å². The fourth-order valence-electron chi connectivity index (χ4n) is 2.46. The van der Waals surface area contributed by atoms with Gasteiger partial charge < -0.3 is 5.32 Å². The highest BCUT2D eigenvalue weighted by Gasteiger charge is 2.25. The number of carbonyl (C=O) groups is 3. The predicted molar refractivity (Wildman–Crippen MR) is 106 cm³/mol. The van der Waals surface area contributed by atoms with Crippen molar-refractivity contribution in [2.45, 2.75) is 46.5 Å². The van der Waals surface area contributed by atoms with Gasteiger partial charge in [-0.15, -0.1) is 0 Å². The summed E-state index contributed by atoms with van der Waals surface area (Å²) in [5.41, 5.74) is 0.880. The number of benzene rings is 1. The van der Waals surface area contributed by atoms with Crippen molar-refractivity contribution in [3.05, 3.63) is 34.9 Å². The molecule has 1 atom stereocenters. The van der Waals surface area contributed by atoms with Crippen molar-refractivity contribution in [2.24, 2.45) is 11.8 Å². The quantitative estimate of drug-likeness (QED) is 0.667. The number of carbonyl (C=O) groups excluding carboxylic acids is 3. The lowest BCUT2D eigenvalue weighted by atomic mass is 9.88. The molecule has 6 heteroatoms. The molecule has 0 spiro atoms. The molecule has 1 aromatic carbocycles. The van der Waals surface area contributed by atoms with Gasteiger partial charge in [0.05, 0.1) is 6.54 Å². The van der Waals surface area contributed by atoms with Crippen LogP contribution in [0.3, 0.4) is 0 Å². The van der Waals surface area contributed by atoms with E-state index in [0.717, 1.165) is 12.0 Å². The van der Waals surface area contributed by atoms with Gasteiger partial charge in [0.2, 0.25) is 5.91 Å². The van der Waals surface area contributed by atoms with E-state index in [1.54, 1.807) is 12.1 Å². The molecule has 4 nitrogen and oxygen atoms in total. The zero-order valence-electron chi connectivity index (χ0n) is 15.1. The molecule has 0 unspecified atom stereocenters. The molecule has 140 valence electrons. The summed E-state index contributed by atoms with van der Waals surface area (Å²) in [5, 5.41) is 3.29. The van der Waals surface area contributed by atoms with E-state index in [9.17, 15) is 14.4 Å². The van der Waals surface area contributed by atoms with Gasteiger partial charge in [-0.2, -0.15) is 13.5 Å².